The summed E-state index contributed by atoms with van der Waals surface area (Å²) in [4.78, 5) is 12.8. The van der Waals surface area contributed by atoms with E-state index in [9.17, 15) is 0 Å². The number of nitrogens with one attached hydrogen (secondary N) is 1. The minimum absolute atomic E-state index is 0.648. The molecule has 0 amide bonds. The van der Waals surface area contributed by atoms with Crippen LogP contribution in [-0.4, -0.2) is 21.5 Å². The minimum Gasteiger partial charge on any atom is -0.354 e. The largest absolute Gasteiger partial charge is 0.354 e. The van der Waals surface area contributed by atoms with E-state index in [2.05, 4.69) is 36.2 Å². The fraction of sp³-hybridized carbons (Fsp3) is 0.182. The van der Waals surface area contributed by atoms with E-state index in [4.69, 9.17) is 0 Å². The maximum Gasteiger partial charge on any atom is 0.223 e. The van der Waals surface area contributed by atoms with Gasteiger partial charge in [0.25, 0.3) is 0 Å². The standard InChI is InChI=1S/C11H11BrN4S/c1-2-13-11-14-6-5-10(16-11)17-9-4-3-8(12)7-15-9/h3-7H,2H2,1H3,(H,13,14,16). The van der Waals surface area contributed by atoms with Crippen LogP contribution in [-0.2, 0) is 0 Å². The molecule has 0 atom stereocenters. The number of rotatable bonds is 4. The summed E-state index contributed by atoms with van der Waals surface area (Å²) in [5.41, 5.74) is 0. The van der Waals surface area contributed by atoms with Crippen molar-refractivity contribution in [2.75, 3.05) is 11.9 Å². The van der Waals surface area contributed by atoms with Gasteiger partial charge in [-0.05, 0) is 52.8 Å². The molecule has 0 spiro atoms. The number of pyridine rings is 1. The highest BCUT2D eigenvalue weighted by Crippen LogP contribution is 2.25. The molecule has 2 aromatic heterocycles. The van der Waals surface area contributed by atoms with Gasteiger partial charge in [0.2, 0.25) is 5.95 Å². The number of halogens is 1. The summed E-state index contributed by atoms with van der Waals surface area (Å²) < 4.78 is 0.970. The van der Waals surface area contributed by atoms with Crippen molar-refractivity contribution < 1.29 is 0 Å². The summed E-state index contributed by atoms with van der Waals surface area (Å²) in [5, 5.41) is 4.87. The lowest BCUT2D eigenvalue weighted by atomic mass is 10.5. The van der Waals surface area contributed by atoms with Crippen LogP contribution in [0, 0.1) is 0 Å². The number of anilines is 1. The molecule has 0 aliphatic rings. The molecule has 2 aromatic rings. The fourth-order valence-corrected chi connectivity index (χ4v) is 2.12. The molecule has 88 valence electrons. The Morgan fingerprint density at radius 2 is 2.12 bits per heavy atom. The van der Waals surface area contributed by atoms with E-state index in [1.165, 1.54) is 11.8 Å². The Morgan fingerprint density at radius 1 is 1.24 bits per heavy atom. The zero-order chi connectivity index (χ0) is 12.1. The van der Waals surface area contributed by atoms with Crippen molar-refractivity contribution in [3.05, 3.63) is 35.1 Å². The van der Waals surface area contributed by atoms with E-state index < -0.39 is 0 Å². The van der Waals surface area contributed by atoms with Gasteiger partial charge < -0.3 is 5.32 Å². The van der Waals surface area contributed by atoms with E-state index in [-0.39, 0.29) is 0 Å². The topological polar surface area (TPSA) is 50.7 Å². The van der Waals surface area contributed by atoms with Gasteiger partial charge in [-0.3, -0.25) is 0 Å². The average Bonchev–Trinajstić information content (AvgIpc) is 2.33. The van der Waals surface area contributed by atoms with Gasteiger partial charge in [-0.1, -0.05) is 0 Å². The molecular weight excluding hydrogens is 300 g/mol. The first-order valence-electron chi connectivity index (χ1n) is 5.14. The maximum atomic E-state index is 4.37. The van der Waals surface area contributed by atoms with Gasteiger partial charge in [-0.2, -0.15) is 0 Å². The van der Waals surface area contributed by atoms with Crippen LogP contribution in [0.1, 0.15) is 6.92 Å². The zero-order valence-corrected chi connectivity index (χ0v) is 11.6. The van der Waals surface area contributed by atoms with E-state index in [0.717, 1.165) is 21.1 Å². The predicted octanol–water partition coefficient (Wildman–Crippen LogP) is 3.22. The van der Waals surface area contributed by atoms with Crippen LogP contribution < -0.4 is 5.32 Å². The van der Waals surface area contributed by atoms with Gasteiger partial charge in [-0.15, -0.1) is 0 Å². The van der Waals surface area contributed by atoms with Crippen LogP contribution in [0.5, 0.6) is 0 Å². The lowest BCUT2D eigenvalue weighted by Crippen LogP contribution is -2.01. The quantitative estimate of drug-likeness (QED) is 0.879. The van der Waals surface area contributed by atoms with Crippen LogP contribution in [0.3, 0.4) is 0 Å². The van der Waals surface area contributed by atoms with E-state index >= 15 is 0 Å². The zero-order valence-electron chi connectivity index (χ0n) is 9.22. The summed E-state index contributed by atoms with van der Waals surface area (Å²) in [7, 11) is 0. The molecule has 2 rings (SSSR count). The monoisotopic (exact) mass is 310 g/mol. The van der Waals surface area contributed by atoms with Crippen molar-refractivity contribution in [2.45, 2.75) is 17.0 Å². The smallest absolute Gasteiger partial charge is 0.223 e. The minimum atomic E-state index is 0.648. The molecule has 0 saturated heterocycles. The van der Waals surface area contributed by atoms with E-state index in [1.54, 1.807) is 12.4 Å². The summed E-state index contributed by atoms with van der Waals surface area (Å²) in [6, 6.07) is 5.78. The lowest BCUT2D eigenvalue weighted by Gasteiger charge is -2.03. The molecule has 0 radical (unpaired) electrons. The van der Waals surface area contributed by atoms with Crippen LogP contribution >= 0.6 is 27.7 Å². The number of hydrogen-bond donors (Lipinski definition) is 1. The van der Waals surface area contributed by atoms with Crippen molar-refractivity contribution in [1.29, 1.82) is 0 Å². The van der Waals surface area contributed by atoms with Crippen molar-refractivity contribution >= 4 is 33.6 Å². The first-order valence-corrected chi connectivity index (χ1v) is 6.75. The van der Waals surface area contributed by atoms with Crippen LogP contribution in [0.2, 0.25) is 0 Å². The van der Waals surface area contributed by atoms with Crippen molar-refractivity contribution in [3.63, 3.8) is 0 Å². The maximum absolute atomic E-state index is 4.37. The molecule has 0 bridgehead atoms. The highest BCUT2D eigenvalue weighted by molar-refractivity contribution is 9.10. The van der Waals surface area contributed by atoms with Crippen LogP contribution in [0.25, 0.3) is 0 Å². The van der Waals surface area contributed by atoms with Gasteiger partial charge in [0.15, 0.2) is 0 Å². The molecule has 0 aliphatic carbocycles. The fourth-order valence-electron chi connectivity index (χ4n) is 1.17. The molecule has 0 aliphatic heterocycles. The van der Waals surface area contributed by atoms with Gasteiger partial charge in [0.05, 0.1) is 0 Å². The Labute approximate surface area is 112 Å². The van der Waals surface area contributed by atoms with Gasteiger partial charge in [0, 0.05) is 23.4 Å². The Morgan fingerprint density at radius 3 is 2.82 bits per heavy atom. The predicted molar refractivity (Wildman–Crippen MR) is 72.3 cm³/mol. The second-order valence-corrected chi connectivity index (χ2v) is 5.12. The Hall–Kier alpha value is -1.14. The van der Waals surface area contributed by atoms with Crippen molar-refractivity contribution in [2.24, 2.45) is 0 Å². The number of hydrogen-bond acceptors (Lipinski definition) is 5. The molecule has 0 saturated carbocycles. The van der Waals surface area contributed by atoms with Crippen LogP contribution in [0.4, 0.5) is 5.95 Å². The first kappa shape index (κ1) is 12.3. The second kappa shape index (κ2) is 5.97. The molecule has 4 nitrogen and oxygen atoms in total. The van der Waals surface area contributed by atoms with Crippen LogP contribution in [0.15, 0.2) is 45.1 Å². The Balaban J connectivity index is 2.12. The molecule has 6 heteroatoms. The lowest BCUT2D eigenvalue weighted by molar-refractivity contribution is 1.01. The third-order valence-corrected chi connectivity index (χ3v) is 3.23. The SMILES string of the molecule is CCNc1nccc(Sc2ccc(Br)cn2)n1. The Bertz CT molecular complexity index is 489. The third-order valence-electron chi connectivity index (χ3n) is 1.87. The Kier molecular flexibility index (Phi) is 4.33. The summed E-state index contributed by atoms with van der Waals surface area (Å²) in [5.74, 6) is 0.648. The summed E-state index contributed by atoms with van der Waals surface area (Å²) in [6.45, 7) is 2.82. The molecule has 17 heavy (non-hydrogen) atoms. The molecule has 0 fully saturated rings. The second-order valence-electron chi connectivity index (χ2n) is 3.17. The van der Waals surface area contributed by atoms with Gasteiger partial charge in [-0.25, -0.2) is 15.0 Å². The summed E-state index contributed by atoms with van der Waals surface area (Å²) in [6.07, 6.45) is 3.51. The number of aromatic nitrogens is 3. The molecular formula is C11H11BrN4S. The van der Waals surface area contributed by atoms with E-state index in [0.29, 0.717) is 5.95 Å². The van der Waals surface area contributed by atoms with Gasteiger partial charge in [0.1, 0.15) is 10.1 Å². The normalized spacial score (nSPS) is 10.2. The molecule has 0 unspecified atom stereocenters. The van der Waals surface area contributed by atoms with Crippen molar-refractivity contribution in [3.8, 4) is 0 Å². The first-order chi connectivity index (χ1) is 8.28. The van der Waals surface area contributed by atoms with E-state index in [1.807, 2.05) is 25.1 Å². The third kappa shape index (κ3) is 3.67. The molecule has 0 aromatic carbocycles. The number of nitrogens with zero attached hydrogens (tertiary/aromatic N) is 3. The highest BCUT2D eigenvalue weighted by Gasteiger charge is 2.02. The van der Waals surface area contributed by atoms with Gasteiger partial charge >= 0.3 is 0 Å². The molecule has 2 heterocycles. The summed E-state index contributed by atoms with van der Waals surface area (Å²) >= 11 is 4.87. The molecule has 1 N–H and O–H groups in total. The highest BCUT2D eigenvalue weighted by atomic mass is 79.9. The van der Waals surface area contributed by atoms with Crippen molar-refractivity contribution in [1.82, 2.24) is 15.0 Å². The average molecular weight is 311 g/mol.